The highest BCUT2D eigenvalue weighted by Crippen LogP contribution is 2.26. The highest BCUT2D eigenvalue weighted by molar-refractivity contribution is 5.70. The first-order valence-electron chi connectivity index (χ1n) is 24.5. The van der Waals surface area contributed by atoms with Crippen molar-refractivity contribution in [3.8, 4) is 0 Å². The minimum absolute atomic E-state index is 0.143. The van der Waals surface area contributed by atoms with E-state index in [2.05, 4.69) is 86.8 Å². The number of ether oxygens (including phenoxy) is 6. The van der Waals surface area contributed by atoms with Crippen LogP contribution in [0.1, 0.15) is 142 Å². The Morgan fingerprint density at radius 2 is 0.909 bits per heavy atom. The number of allylic oxidation sites excluding steroid dienone is 12. The van der Waals surface area contributed by atoms with E-state index in [0.717, 1.165) is 103 Å². The topological polar surface area (TPSA) is 231 Å². The summed E-state index contributed by atoms with van der Waals surface area (Å²) in [7, 11) is 0. The number of aliphatic hydroxyl groups is 7. The monoisotopic (exact) mass is 937 g/mol. The maximum absolute atomic E-state index is 13.0. The molecule has 0 bridgehead atoms. The molecule has 0 amide bonds. The standard InChI is InChI=1S/C51H84O15/c1-3-5-7-9-11-13-15-17-18-19-20-22-24-26-28-30-32-34-43(54)64-39(36-61-42(53)33-31-29-27-25-23-21-16-14-12-10-8-6-4-2)37-62-50-49(60)47(58)45(56)41(66-50)38-63-51-48(59)46(57)44(55)40(35-52)65-51/h5-8,11-14,17-18,21,23,39-41,44-52,55-60H,3-4,9-10,15-16,19-20,22,24-38H2,1-2H3/b7-5-,8-6-,13-11-,14-12-,18-17-,23-21-. The molecule has 0 saturated carbocycles. The summed E-state index contributed by atoms with van der Waals surface area (Å²) in [6.45, 7) is 2.30. The van der Waals surface area contributed by atoms with E-state index in [-0.39, 0.29) is 19.4 Å². The summed E-state index contributed by atoms with van der Waals surface area (Å²) in [6, 6.07) is 0. The third kappa shape index (κ3) is 25.9. The summed E-state index contributed by atoms with van der Waals surface area (Å²) in [5, 5.41) is 72.0. The fourth-order valence-corrected chi connectivity index (χ4v) is 7.18. The normalized spacial score (nSPS) is 26.8. The number of rotatable bonds is 36. The van der Waals surface area contributed by atoms with Crippen LogP contribution >= 0.6 is 0 Å². The molecule has 2 aliphatic rings. The summed E-state index contributed by atoms with van der Waals surface area (Å²) in [4.78, 5) is 25.7. The van der Waals surface area contributed by atoms with Crippen molar-refractivity contribution in [1.82, 2.24) is 0 Å². The molecule has 2 rings (SSSR count). The molecule has 2 heterocycles. The highest BCUT2D eigenvalue weighted by Gasteiger charge is 2.47. The van der Waals surface area contributed by atoms with Crippen molar-refractivity contribution in [2.24, 2.45) is 0 Å². The highest BCUT2D eigenvalue weighted by atomic mass is 16.7. The molecule has 0 aromatic rings. The number of esters is 2. The zero-order valence-electron chi connectivity index (χ0n) is 39.6. The van der Waals surface area contributed by atoms with Gasteiger partial charge < -0.3 is 64.2 Å². The third-order valence-corrected chi connectivity index (χ3v) is 11.2. The van der Waals surface area contributed by atoms with E-state index in [4.69, 9.17) is 28.4 Å². The lowest BCUT2D eigenvalue weighted by molar-refractivity contribution is -0.332. The number of unbranched alkanes of at least 4 members (excludes halogenated alkanes) is 10. The Morgan fingerprint density at radius 1 is 0.485 bits per heavy atom. The van der Waals surface area contributed by atoms with Crippen LogP contribution in [-0.2, 0) is 38.0 Å². The zero-order valence-corrected chi connectivity index (χ0v) is 39.6. The van der Waals surface area contributed by atoms with Gasteiger partial charge >= 0.3 is 11.9 Å². The van der Waals surface area contributed by atoms with Crippen LogP contribution in [0.15, 0.2) is 72.9 Å². The van der Waals surface area contributed by atoms with Crippen LogP contribution in [0.25, 0.3) is 0 Å². The number of hydrogen-bond donors (Lipinski definition) is 7. The fraction of sp³-hybridized carbons (Fsp3) is 0.725. The van der Waals surface area contributed by atoms with E-state index in [0.29, 0.717) is 12.8 Å². The van der Waals surface area contributed by atoms with E-state index in [1.54, 1.807) is 0 Å². The summed E-state index contributed by atoms with van der Waals surface area (Å²) in [6.07, 6.45) is 26.5. The number of aliphatic hydroxyl groups excluding tert-OH is 7. The minimum atomic E-state index is -1.77. The van der Waals surface area contributed by atoms with Gasteiger partial charge in [0.25, 0.3) is 0 Å². The van der Waals surface area contributed by atoms with Crippen LogP contribution in [0.5, 0.6) is 0 Å². The van der Waals surface area contributed by atoms with Crippen molar-refractivity contribution in [2.45, 2.75) is 210 Å². The average Bonchev–Trinajstić information content (AvgIpc) is 3.31. The van der Waals surface area contributed by atoms with Crippen LogP contribution in [-0.4, -0.2) is 142 Å². The van der Waals surface area contributed by atoms with E-state index in [9.17, 15) is 45.3 Å². The van der Waals surface area contributed by atoms with Gasteiger partial charge in [0.1, 0.15) is 55.4 Å². The van der Waals surface area contributed by atoms with Gasteiger partial charge in [-0.25, -0.2) is 0 Å². The van der Waals surface area contributed by atoms with Gasteiger partial charge in [-0.05, 0) is 77.0 Å². The molecule has 11 atom stereocenters. The van der Waals surface area contributed by atoms with Gasteiger partial charge in [0.05, 0.1) is 19.8 Å². The van der Waals surface area contributed by atoms with Crippen molar-refractivity contribution >= 4 is 11.9 Å². The van der Waals surface area contributed by atoms with Gasteiger partial charge in [-0.15, -0.1) is 0 Å². The van der Waals surface area contributed by atoms with Crippen LogP contribution in [0, 0.1) is 0 Å². The Labute approximate surface area is 393 Å². The quantitative estimate of drug-likeness (QED) is 0.0209. The fourth-order valence-electron chi connectivity index (χ4n) is 7.18. The molecule has 15 nitrogen and oxygen atoms in total. The lowest BCUT2D eigenvalue weighted by Crippen LogP contribution is -2.61. The molecule has 2 saturated heterocycles. The molecule has 0 aliphatic carbocycles. The molecule has 2 aliphatic heterocycles. The minimum Gasteiger partial charge on any atom is -0.462 e. The Balaban J connectivity index is 1.84. The Hall–Kier alpha value is -3.06. The van der Waals surface area contributed by atoms with Gasteiger partial charge in [-0.3, -0.25) is 9.59 Å². The van der Waals surface area contributed by atoms with Crippen molar-refractivity contribution in [1.29, 1.82) is 0 Å². The Kier molecular flexibility index (Phi) is 33.9. The molecular weight excluding hydrogens is 853 g/mol. The lowest BCUT2D eigenvalue weighted by Gasteiger charge is -2.42. The van der Waals surface area contributed by atoms with E-state index in [1.807, 2.05) is 0 Å². The molecule has 7 N–H and O–H groups in total. The van der Waals surface area contributed by atoms with E-state index >= 15 is 0 Å². The van der Waals surface area contributed by atoms with E-state index in [1.165, 1.54) is 0 Å². The maximum atomic E-state index is 13.0. The molecule has 0 spiro atoms. The third-order valence-electron chi connectivity index (χ3n) is 11.2. The van der Waals surface area contributed by atoms with Crippen molar-refractivity contribution < 1.29 is 73.8 Å². The molecule has 0 aromatic heterocycles. The van der Waals surface area contributed by atoms with Crippen LogP contribution in [0.3, 0.4) is 0 Å². The van der Waals surface area contributed by atoms with Gasteiger partial charge in [0.2, 0.25) is 0 Å². The Bertz CT molecular complexity index is 1430. The first kappa shape index (κ1) is 59.1. The summed E-state index contributed by atoms with van der Waals surface area (Å²) < 4.78 is 33.5. The summed E-state index contributed by atoms with van der Waals surface area (Å²) in [5.74, 6) is -0.979. The molecule has 0 radical (unpaired) electrons. The first-order valence-corrected chi connectivity index (χ1v) is 24.5. The molecule has 66 heavy (non-hydrogen) atoms. The number of carbonyl (C=O) groups excluding carboxylic acids is 2. The van der Waals surface area contributed by atoms with E-state index < -0.39 is 99.3 Å². The summed E-state index contributed by atoms with van der Waals surface area (Å²) >= 11 is 0. The first-order chi connectivity index (χ1) is 32.0. The second-order valence-electron chi connectivity index (χ2n) is 16.9. The molecule has 378 valence electrons. The van der Waals surface area contributed by atoms with Gasteiger partial charge in [-0.1, -0.05) is 125 Å². The molecular formula is C51H84O15. The summed E-state index contributed by atoms with van der Waals surface area (Å²) in [5.41, 5.74) is 0. The van der Waals surface area contributed by atoms with Crippen LogP contribution in [0.4, 0.5) is 0 Å². The zero-order chi connectivity index (χ0) is 48.2. The molecule has 11 unspecified atom stereocenters. The smallest absolute Gasteiger partial charge is 0.306 e. The second-order valence-corrected chi connectivity index (χ2v) is 16.9. The molecule has 0 aromatic carbocycles. The second kappa shape index (κ2) is 37.9. The number of hydrogen-bond acceptors (Lipinski definition) is 15. The van der Waals surface area contributed by atoms with Gasteiger partial charge in [-0.2, -0.15) is 0 Å². The SMILES string of the molecule is CC/C=C\C/C=C\C/C=C\CCCCCCCCCC(=O)OC(COC(=O)CCCCC/C=C\C/C=C\C/C=C\CC)COC1OC(COC2OC(CO)C(O)C(O)C2O)C(O)C(O)C1O. The van der Waals surface area contributed by atoms with Crippen molar-refractivity contribution in [2.75, 3.05) is 26.4 Å². The van der Waals surface area contributed by atoms with Gasteiger partial charge in [0, 0.05) is 12.8 Å². The maximum Gasteiger partial charge on any atom is 0.306 e. The number of carbonyl (C=O) groups is 2. The van der Waals surface area contributed by atoms with Crippen LogP contribution < -0.4 is 0 Å². The van der Waals surface area contributed by atoms with Crippen molar-refractivity contribution in [3.63, 3.8) is 0 Å². The van der Waals surface area contributed by atoms with Crippen molar-refractivity contribution in [3.05, 3.63) is 72.9 Å². The average molecular weight is 937 g/mol. The lowest BCUT2D eigenvalue weighted by atomic mass is 9.98. The largest absolute Gasteiger partial charge is 0.462 e. The predicted molar refractivity (Wildman–Crippen MR) is 252 cm³/mol. The van der Waals surface area contributed by atoms with Crippen LogP contribution in [0.2, 0.25) is 0 Å². The molecule has 2 fully saturated rings. The Morgan fingerprint density at radius 3 is 1.44 bits per heavy atom. The predicted octanol–water partition coefficient (Wildman–Crippen LogP) is 6.26. The molecule has 15 heteroatoms. The van der Waals surface area contributed by atoms with Gasteiger partial charge in [0.15, 0.2) is 18.7 Å².